The summed E-state index contributed by atoms with van der Waals surface area (Å²) in [5.41, 5.74) is 16.4. The Balaban J connectivity index is 0.000000181. The Morgan fingerprint density at radius 3 is 2.64 bits per heavy atom. The van der Waals surface area contributed by atoms with E-state index in [1.54, 1.807) is 12.3 Å². The van der Waals surface area contributed by atoms with Gasteiger partial charge in [-0.2, -0.15) is 0 Å². The van der Waals surface area contributed by atoms with Crippen LogP contribution in [0.3, 0.4) is 0 Å². The van der Waals surface area contributed by atoms with Gasteiger partial charge < -0.3 is 16.8 Å². The topological polar surface area (TPSA) is 94.0 Å². The maximum absolute atomic E-state index is 10.4. The minimum atomic E-state index is 0.690. The molecule has 0 atom stereocenters. The van der Waals surface area contributed by atoms with E-state index in [0.29, 0.717) is 5.56 Å². The molecule has 5 nitrogen and oxygen atoms in total. The number of nitrogen functional groups attached to an aromatic ring is 1. The molecule has 0 bridgehead atoms. The summed E-state index contributed by atoms with van der Waals surface area (Å²) in [5.74, 6) is 0. The van der Waals surface area contributed by atoms with Gasteiger partial charge >= 0.3 is 0 Å². The fourth-order valence-electron chi connectivity index (χ4n) is 2.36. The number of pyridine rings is 1. The molecule has 0 aliphatic carbocycles. The Morgan fingerprint density at radius 1 is 1.16 bits per heavy atom. The molecule has 0 radical (unpaired) electrons. The highest BCUT2D eigenvalue weighted by Crippen LogP contribution is 2.23. The van der Waals surface area contributed by atoms with E-state index >= 15 is 0 Å². The smallest absolute Gasteiger partial charge is 0.150 e. The number of aromatic nitrogens is 1. The van der Waals surface area contributed by atoms with E-state index in [1.165, 1.54) is 0 Å². The van der Waals surface area contributed by atoms with Crippen molar-refractivity contribution in [3.05, 3.63) is 71.6 Å². The highest BCUT2D eigenvalue weighted by Gasteiger charge is 2.01. The van der Waals surface area contributed by atoms with Crippen LogP contribution in [0.1, 0.15) is 22.8 Å². The van der Waals surface area contributed by atoms with Crippen molar-refractivity contribution in [2.75, 3.05) is 18.1 Å². The summed E-state index contributed by atoms with van der Waals surface area (Å²) in [4.78, 5) is 14.6. The summed E-state index contributed by atoms with van der Waals surface area (Å²) in [6.07, 6.45) is 4.44. The first-order valence-corrected chi connectivity index (χ1v) is 7.85. The maximum Gasteiger partial charge on any atom is 0.150 e. The number of rotatable bonds is 3. The number of nitrogens with two attached hydrogens (primary N) is 2. The lowest BCUT2D eigenvalue weighted by Crippen LogP contribution is -1.98. The van der Waals surface area contributed by atoms with Crippen LogP contribution in [0.15, 0.2) is 60.4 Å². The Hall–Kier alpha value is -3.34. The van der Waals surface area contributed by atoms with Gasteiger partial charge in [-0.15, -0.1) is 0 Å². The molecule has 0 spiro atoms. The van der Waals surface area contributed by atoms with Gasteiger partial charge in [0.25, 0.3) is 0 Å². The summed E-state index contributed by atoms with van der Waals surface area (Å²) >= 11 is 0. The molecule has 128 valence electrons. The molecule has 3 aromatic rings. The molecule has 3 rings (SSSR count). The highest BCUT2D eigenvalue weighted by atomic mass is 16.1. The summed E-state index contributed by atoms with van der Waals surface area (Å²) in [6, 6.07) is 15.0. The van der Waals surface area contributed by atoms with Gasteiger partial charge in [0.1, 0.15) is 6.29 Å². The fraction of sp³-hybridized carbons (Fsp3) is 0.100. The first-order valence-electron chi connectivity index (χ1n) is 7.85. The van der Waals surface area contributed by atoms with E-state index in [0.717, 1.165) is 39.8 Å². The van der Waals surface area contributed by atoms with E-state index < -0.39 is 0 Å². The standard InChI is InChI=1S/C10H15N3.C10H7NO/c1-7(11)6-8-9(12)4-3-5-10(8)13-2;12-7-8-3-4-10-9(6-8)2-1-5-11-10/h3-6,13H,11-12H2,1-2H3;1-7H/b7-6-;. The second-order valence-corrected chi connectivity index (χ2v) is 5.52. The Bertz CT molecular complexity index is 899. The van der Waals surface area contributed by atoms with E-state index in [1.807, 2.05) is 62.5 Å². The molecule has 1 heterocycles. The van der Waals surface area contributed by atoms with Crippen molar-refractivity contribution >= 4 is 34.6 Å². The van der Waals surface area contributed by atoms with Crippen LogP contribution in [-0.2, 0) is 0 Å². The molecule has 25 heavy (non-hydrogen) atoms. The average molecular weight is 334 g/mol. The molecular formula is C20H22N4O. The molecule has 2 aromatic carbocycles. The van der Waals surface area contributed by atoms with Crippen molar-refractivity contribution in [3.63, 3.8) is 0 Å². The number of anilines is 2. The molecule has 5 N–H and O–H groups in total. The van der Waals surface area contributed by atoms with Gasteiger partial charge in [0, 0.05) is 46.8 Å². The van der Waals surface area contributed by atoms with Crippen LogP contribution in [0.2, 0.25) is 0 Å². The van der Waals surface area contributed by atoms with E-state index in [4.69, 9.17) is 11.5 Å². The number of allylic oxidation sites excluding steroid dienone is 1. The quantitative estimate of drug-likeness (QED) is 0.502. The third kappa shape index (κ3) is 4.81. The lowest BCUT2D eigenvalue weighted by molar-refractivity contribution is 0.112. The van der Waals surface area contributed by atoms with Crippen LogP contribution >= 0.6 is 0 Å². The number of benzene rings is 2. The van der Waals surface area contributed by atoms with Crippen molar-refractivity contribution in [2.24, 2.45) is 5.73 Å². The van der Waals surface area contributed by atoms with Crippen LogP contribution < -0.4 is 16.8 Å². The fourth-order valence-corrected chi connectivity index (χ4v) is 2.36. The predicted octanol–water partition coefficient (Wildman–Crippen LogP) is 3.68. The zero-order valence-electron chi connectivity index (χ0n) is 14.4. The Kier molecular flexibility index (Phi) is 6.12. The number of aldehydes is 1. The predicted molar refractivity (Wildman–Crippen MR) is 105 cm³/mol. The minimum Gasteiger partial charge on any atom is -0.402 e. The molecule has 0 aliphatic rings. The highest BCUT2D eigenvalue weighted by molar-refractivity contribution is 5.86. The molecular weight excluding hydrogens is 312 g/mol. The van der Waals surface area contributed by atoms with Gasteiger partial charge in [0.15, 0.2) is 0 Å². The van der Waals surface area contributed by atoms with Crippen molar-refractivity contribution in [1.82, 2.24) is 4.98 Å². The van der Waals surface area contributed by atoms with Crippen LogP contribution in [0.25, 0.3) is 17.0 Å². The molecule has 0 fully saturated rings. The normalized spacial score (nSPS) is 10.7. The number of carbonyl (C=O) groups excluding carboxylic acids is 1. The second kappa shape index (κ2) is 8.49. The molecule has 0 amide bonds. The van der Waals surface area contributed by atoms with Gasteiger partial charge in [-0.05, 0) is 49.4 Å². The van der Waals surface area contributed by atoms with Gasteiger partial charge in [-0.25, -0.2) is 0 Å². The lowest BCUT2D eigenvalue weighted by atomic mass is 10.1. The number of nitrogens with one attached hydrogen (secondary N) is 1. The van der Waals surface area contributed by atoms with E-state index in [9.17, 15) is 4.79 Å². The number of hydrogen-bond acceptors (Lipinski definition) is 5. The van der Waals surface area contributed by atoms with Crippen LogP contribution in [-0.4, -0.2) is 18.3 Å². The van der Waals surface area contributed by atoms with Crippen LogP contribution in [0.4, 0.5) is 11.4 Å². The zero-order valence-corrected chi connectivity index (χ0v) is 14.4. The average Bonchev–Trinajstić information content (AvgIpc) is 2.63. The van der Waals surface area contributed by atoms with Gasteiger partial charge in [0.2, 0.25) is 0 Å². The molecule has 0 unspecified atom stereocenters. The summed E-state index contributed by atoms with van der Waals surface area (Å²) in [7, 11) is 1.86. The minimum absolute atomic E-state index is 0.690. The number of carbonyl (C=O) groups is 1. The summed E-state index contributed by atoms with van der Waals surface area (Å²) in [5, 5.41) is 4.06. The molecule has 1 aromatic heterocycles. The zero-order chi connectivity index (χ0) is 18.2. The lowest BCUT2D eigenvalue weighted by Gasteiger charge is -2.08. The van der Waals surface area contributed by atoms with Crippen molar-refractivity contribution in [2.45, 2.75) is 6.92 Å². The summed E-state index contributed by atoms with van der Waals surface area (Å²) in [6.45, 7) is 1.84. The maximum atomic E-state index is 10.4. The molecule has 0 saturated carbocycles. The third-order valence-electron chi connectivity index (χ3n) is 3.54. The third-order valence-corrected chi connectivity index (χ3v) is 3.54. The largest absolute Gasteiger partial charge is 0.402 e. The van der Waals surface area contributed by atoms with Gasteiger partial charge in [-0.3, -0.25) is 9.78 Å². The number of nitrogens with zero attached hydrogens (tertiary/aromatic N) is 1. The van der Waals surface area contributed by atoms with Crippen molar-refractivity contribution in [1.29, 1.82) is 0 Å². The van der Waals surface area contributed by atoms with E-state index in [2.05, 4.69) is 10.3 Å². The molecule has 0 saturated heterocycles. The molecule has 0 aliphatic heterocycles. The van der Waals surface area contributed by atoms with Crippen LogP contribution in [0, 0.1) is 0 Å². The monoisotopic (exact) mass is 334 g/mol. The van der Waals surface area contributed by atoms with E-state index in [-0.39, 0.29) is 0 Å². The summed E-state index contributed by atoms with van der Waals surface area (Å²) < 4.78 is 0. The van der Waals surface area contributed by atoms with Crippen LogP contribution in [0.5, 0.6) is 0 Å². The van der Waals surface area contributed by atoms with Gasteiger partial charge in [0.05, 0.1) is 5.52 Å². The Labute approximate surface area is 147 Å². The SMILES string of the molecule is CNc1cccc(N)c1/C=C(/C)N.O=Cc1ccc2ncccc2c1. The molecule has 5 heteroatoms. The number of fused-ring (bicyclic) bond motifs is 1. The Morgan fingerprint density at radius 2 is 1.96 bits per heavy atom. The first kappa shape index (κ1) is 18.0. The van der Waals surface area contributed by atoms with Crippen molar-refractivity contribution < 1.29 is 4.79 Å². The second-order valence-electron chi connectivity index (χ2n) is 5.52. The van der Waals surface area contributed by atoms with Gasteiger partial charge in [-0.1, -0.05) is 12.1 Å². The first-order chi connectivity index (χ1) is 12.0. The number of hydrogen-bond donors (Lipinski definition) is 3. The van der Waals surface area contributed by atoms with Crippen molar-refractivity contribution in [3.8, 4) is 0 Å².